The SMILES string of the molecule is CC1(C)CN(S(=O)(=O)CCCC#N)CC=C1c1cc(N(C=O)C2CC2)nc2[nH]ccc12. The topological polar surface area (TPSA) is 110 Å². The lowest BCUT2D eigenvalue weighted by Gasteiger charge is -2.38. The minimum absolute atomic E-state index is 0.0169. The number of hydrogen-bond acceptors (Lipinski definition) is 5. The molecule has 0 atom stereocenters. The zero-order valence-corrected chi connectivity index (χ0v) is 18.7. The van der Waals surface area contributed by atoms with Crippen molar-refractivity contribution >= 4 is 38.9 Å². The molecule has 164 valence electrons. The maximum atomic E-state index is 12.8. The van der Waals surface area contributed by atoms with Gasteiger partial charge in [-0.2, -0.15) is 9.57 Å². The number of carbonyl (C=O) groups excluding carboxylic acids is 1. The van der Waals surface area contributed by atoms with Gasteiger partial charge < -0.3 is 4.98 Å². The monoisotopic (exact) mass is 441 g/mol. The number of aromatic nitrogens is 2. The van der Waals surface area contributed by atoms with Gasteiger partial charge in [0.1, 0.15) is 11.5 Å². The highest BCUT2D eigenvalue weighted by atomic mass is 32.2. The molecule has 9 heteroatoms. The van der Waals surface area contributed by atoms with E-state index in [1.54, 1.807) is 4.90 Å². The lowest BCUT2D eigenvalue weighted by atomic mass is 9.77. The predicted molar refractivity (Wildman–Crippen MR) is 120 cm³/mol. The zero-order chi connectivity index (χ0) is 22.2. The Balaban J connectivity index is 1.71. The van der Waals surface area contributed by atoms with Gasteiger partial charge in [-0.3, -0.25) is 9.69 Å². The molecule has 4 rings (SSSR count). The number of fused-ring (bicyclic) bond motifs is 1. The number of H-pyrrole nitrogens is 1. The summed E-state index contributed by atoms with van der Waals surface area (Å²) < 4.78 is 27.0. The molecule has 1 N–H and O–H groups in total. The van der Waals surface area contributed by atoms with Crippen molar-refractivity contribution in [3.8, 4) is 6.07 Å². The number of anilines is 1. The van der Waals surface area contributed by atoms with E-state index in [1.165, 1.54) is 4.31 Å². The molecule has 1 amide bonds. The van der Waals surface area contributed by atoms with E-state index in [1.807, 2.05) is 44.3 Å². The third-order valence-electron chi connectivity index (χ3n) is 6.01. The van der Waals surface area contributed by atoms with Crippen LogP contribution in [-0.4, -0.2) is 54.0 Å². The van der Waals surface area contributed by atoms with E-state index >= 15 is 0 Å². The summed E-state index contributed by atoms with van der Waals surface area (Å²) >= 11 is 0. The van der Waals surface area contributed by atoms with E-state index in [2.05, 4.69) is 9.97 Å². The Bertz CT molecular complexity index is 1170. The highest BCUT2D eigenvalue weighted by molar-refractivity contribution is 7.89. The maximum Gasteiger partial charge on any atom is 0.215 e. The van der Waals surface area contributed by atoms with Gasteiger partial charge in [0.25, 0.3) is 0 Å². The molecule has 0 radical (unpaired) electrons. The Hall–Kier alpha value is -2.70. The summed E-state index contributed by atoms with van der Waals surface area (Å²) in [4.78, 5) is 21.2. The second-order valence-corrected chi connectivity index (χ2v) is 11.0. The van der Waals surface area contributed by atoms with Crippen LogP contribution in [0.3, 0.4) is 0 Å². The molecule has 3 heterocycles. The van der Waals surface area contributed by atoms with E-state index in [-0.39, 0.29) is 24.8 Å². The van der Waals surface area contributed by atoms with E-state index in [0.29, 0.717) is 24.4 Å². The Kier molecular flexibility index (Phi) is 5.62. The molecular formula is C22H27N5O3S. The molecule has 0 spiro atoms. The van der Waals surface area contributed by atoms with Crippen LogP contribution in [0, 0.1) is 16.7 Å². The summed E-state index contributed by atoms with van der Waals surface area (Å²) in [5.41, 5.74) is 2.30. The van der Waals surface area contributed by atoms with E-state index < -0.39 is 15.4 Å². The second-order valence-electron chi connectivity index (χ2n) is 8.88. The molecule has 0 unspecified atom stereocenters. The summed E-state index contributed by atoms with van der Waals surface area (Å²) in [6, 6.07) is 6.12. The molecule has 2 aliphatic rings. The molecule has 0 aromatic carbocycles. The van der Waals surface area contributed by atoms with Crippen molar-refractivity contribution in [3.05, 3.63) is 30.0 Å². The first-order valence-electron chi connectivity index (χ1n) is 10.5. The van der Waals surface area contributed by atoms with Crippen molar-refractivity contribution in [2.45, 2.75) is 45.6 Å². The first kappa shape index (κ1) is 21.5. The summed E-state index contributed by atoms with van der Waals surface area (Å²) in [7, 11) is -3.43. The largest absolute Gasteiger partial charge is 0.346 e. The van der Waals surface area contributed by atoms with Gasteiger partial charge in [0.05, 0.1) is 11.8 Å². The molecule has 8 nitrogen and oxygen atoms in total. The number of nitrogens with one attached hydrogen (secondary N) is 1. The molecule has 0 saturated heterocycles. The average molecular weight is 442 g/mol. The van der Waals surface area contributed by atoms with Crippen LogP contribution in [0.2, 0.25) is 0 Å². The number of sulfonamides is 1. The molecule has 1 saturated carbocycles. The van der Waals surface area contributed by atoms with Gasteiger partial charge in [-0.15, -0.1) is 0 Å². The minimum Gasteiger partial charge on any atom is -0.346 e. The number of pyridine rings is 1. The Morgan fingerprint density at radius 2 is 2.19 bits per heavy atom. The molecule has 31 heavy (non-hydrogen) atoms. The standard InChI is InChI=1S/C22H27N5O3S/c1-22(2)14-26(31(29,30)12-4-3-9-23)11-8-19(22)18-13-20(27(15-28)16-5-6-16)25-21-17(18)7-10-24-21/h7-8,10,13,15-16H,3-6,11-12,14H2,1-2H3,(H,24,25). The van der Waals surface area contributed by atoms with Crippen molar-refractivity contribution in [2.24, 2.45) is 5.41 Å². The van der Waals surface area contributed by atoms with Crippen LogP contribution in [0.5, 0.6) is 0 Å². The fourth-order valence-corrected chi connectivity index (χ4v) is 5.86. The van der Waals surface area contributed by atoms with Crippen molar-refractivity contribution in [2.75, 3.05) is 23.7 Å². The van der Waals surface area contributed by atoms with Crippen LogP contribution in [-0.2, 0) is 14.8 Å². The van der Waals surface area contributed by atoms with Gasteiger partial charge >= 0.3 is 0 Å². The van der Waals surface area contributed by atoms with Gasteiger partial charge in [-0.05, 0) is 42.5 Å². The first-order valence-corrected chi connectivity index (χ1v) is 12.2. The minimum atomic E-state index is -3.43. The molecule has 2 aromatic heterocycles. The van der Waals surface area contributed by atoms with Crippen molar-refractivity contribution in [1.82, 2.24) is 14.3 Å². The summed E-state index contributed by atoms with van der Waals surface area (Å²) in [5.74, 6) is 0.599. The number of nitrogens with zero attached hydrogens (tertiary/aromatic N) is 4. The maximum absolute atomic E-state index is 12.8. The van der Waals surface area contributed by atoms with E-state index in [9.17, 15) is 13.2 Å². The molecule has 1 fully saturated rings. The van der Waals surface area contributed by atoms with Crippen LogP contribution < -0.4 is 4.90 Å². The number of rotatable bonds is 8. The fourth-order valence-electron chi connectivity index (χ4n) is 4.27. The zero-order valence-electron chi connectivity index (χ0n) is 17.8. The van der Waals surface area contributed by atoms with Crippen LogP contribution in [0.15, 0.2) is 24.4 Å². The van der Waals surface area contributed by atoms with Crippen LogP contribution in [0.4, 0.5) is 5.82 Å². The summed E-state index contributed by atoms with van der Waals surface area (Å²) in [6.07, 6.45) is 7.17. The number of amides is 1. The van der Waals surface area contributed by atoms with Gasteiger partial charge in [0, 0.05) is 42.6 Å². The van der Waals surface area contributed by atoms with Crippen molar-refractivity contribution < 1.29 is 13.2 Å². The number of nitriles is 1. The fraction of sp³-hybridized carbons (Fsp3) is 0.500. The average Bonchev–Trinajstić information content (AvgIpc) is 3.43. The lowest BCUT2D eigenvalue weighted by Crippen LogP contribution is -2.43. The molecule has 1 aliphatic heterocycles. The van der Waals surface area contributed by atoms with Crippen molar-refractivity contribution in [1.29, 1.82) is 5.26 Å². The van der Waals surface area contributed by atoms with Gasteiger partial charge in [-0.1, -0.05) is 19.9 Å². The number of aromatic amines is 1. The Morgan fingerprint density at radius 1 is 1.42 bits per heavy atom. The van der Waals surface area contributed by atoms with E-state index in [0.717, 1.165) is 35.8 Å². The van der Waals surface area contributed by atoms with Crippen LogP contribution in [0.1, 0.15) is 45.1 Å². The van der Waals surface area contributed by atoms with Crippen LogP contribution in [0.25, 0.3) is 16.6 Å². The molecular weight excluding hydrogens is 414 g/mol. The third kappa shape index (κ3) is 4.23. The van der Waals surface area contributed by atoms with E-state index in [4.69, 9.17) is 5.26 Å². The molecule has 1 aliphatic carbocycles. The smallest absolute Gasteiger partial charge is 0.215 e. The molecule has 2 aromatic rings. The van der Waals surface area contributed by atoms with Gasteiger partial charge in [0.15, 0.2) is 0 Å². The van der Waals surface area contributed by atoms with Crippen LogP contribution >= 0.6 is 0 Å². The van der Waals surface area contributed by atoms with Gasteiger partial charge in [-0.25, -0.2) is 13.4 Å². The van der Waals surface area contributed by atoms with Gasteiger partial charge in [0.2, 0.25) is 16.4 Å². The number of unbranched alkanes of at least 4 members (excludes halogenated alkanes) is 1. The predicted octanol–water partition coefficient (Wildman–Crippen LogP) is 3.05. The Morgan fingerprint density at radius 3 is 2.84 bits per heavy atom. The third-order valence-corrected chi connectivity index (χ3v) is 7.88. The van der Waals surface area contributed by atoms with Crippen molar-refractivity contribution in [3.63, 3.8) is 0 Å². The number of hydrogen-bond donors (Lipinski definition) is 1. The summed E-state index contributed by atoms with van der Waals surface area (Å²) in [6.45, 7) is 4.72. The first-order chi connectivity index (χ1) is 14.8. The molecule has 0 bridgehead atoms. The Labute approximate surface area is 182 Å². The second kappa shape index (κ2) is 8.09. The lowest BCUT2D eigenvalue weighted by molar-refractivity contribution is -0.107. The normalized spacial score (nSPS) is 19.1. The summed E-state index contributed by atoms with van der Waals surface area (Å²) in [5, 5.41) is 9.66. The highest BCUT2D eigenvalue weighted by Gasteiger charge is 2.37. The highest BCUT2D eigenvalue weighted by Crippen LogP contribution is 2.42. The number of carbonyl (C=O) groups is 1. The quantitative estimate of drug-likeness (QED) is 0.500.